The minimum Gasteiger partial charge on any atom is -0.491 e. The number of nitrogens with zero attached hydrogens (tertiary/aromatic N) is 3. The molecular weight excluding hydrogens is 452 g/mol. The highest BCUT2D eigenvalue weighted by Gasteiger charge is 2.30. The molecule has 0 saturated carbocycles. The molecule has 10 nitrogen and oxygen atoms in total. The van der Waals surface area contributed by atoms with E-state index < -0.39 is 17.4 Å². The van der Waals surface area contributed by atoms with Crippen LogP contribution in [0.1, 0.15) is 60.1 Å². The molecule has 0 aliphatic heterocycles. The van der Waals surface area contributed by atoms with Crippen molar-refractivity contribution in [2.75, 3.05) is 6.61 Å². The zero-order chi connectivity index (χ0) is 25.9. The molecule has 3 rings (SSSR count). The van der Waals surface area contributed by atoms with Crippen LogP contribution in [0, 0.1) is 5.92 Å². The summed E-state index contributed by atoms with van der Waals surface area (Å²) in [5.41, 5.74) is 0.102. The second kappa shape index (κ2) is 10.4. The lowest BCUT2D eigenvalue weighted by molar-refractivity contribution is 0.0927. The highest BCUT2D eigenvalue weighted by molar-refractivity contribution is 5.91. The van der Waals surface area contributed by atoms with E-state index in [2.05, 4.69) is 14.7 Å². The van der Waals surface area contributed by atoms with E-state index in [0.29, 0.717) is 40.9 Å². The molecule has 1 amide bonds. The van der Waals surface area contributed by atoms with E-state index >= 15 is 0 Å². The number of hydrogen-bond donors (Lipinski definition) is 2. The molecule has 0 fully saturated rings. The summed E-state index contributed by atoms with van der Waals surface area (Å²) in [4.78, 5) is 41.2. The van der Waals surface area contributed by atoms with Crippen LogP contribution in [0.4, 0.5) is 4.79 Å². The van der Waals surface area contributed by atoms with Gasteiger partial charge in [0.15, 0.2) is 5.82 Å². The van der Waals surface area contributed by atoms with Crippen LogP contribution in [-0.4, -0.2) is 43.0 Å². The topological polar surface area (TPSA) is 131 Å². The average Bonchev–Trinajstić information content (AvgIpc) is 3.20. The lowest BCUT2D eigenvalue weighted by Crippen LogP contribution is -2.45. The smallest absolute Gasteiger partial charge is 0.439 e. The molecule has 10 heteroatoms. The van der Waals surface area contributed by atoms with Crippen molar-refractivity contribution in [3.05, 3.63) is 44.8 Å². The molecular formula is C25H34N4O6. The van der Waals surface area contributed by atoms with Crippen molar-refractivity contribution in [1.29, 1.82) is 0 Å². The molecule has 2 heterocycles. The molecule has 2 N–H and O–H groups in total. The molecule has 1 aromatic carbocycles. The van der Waals surface area contributed by atoms with Crippen LogP contribution in [0.2, 0.25) is 0 Å². The predicted molar refractivity (Wildman–Crippen MR) is 133 cm³/mol. The van der Waals surface area contributed by atoms with Crippen LogP contribution in [0.5, 0.6) is 5.75 Å². The number of carboxylic acid groups (broad SMARTS) is 1. The Kier molecular flexibility index (Phi) is 7.72. The standard InChI is InChI=1S/C25H34N4O6/c1-7-8-11-34-20-18-12-16(21-26-23(31)35-27-21)9-10-17(18)22(30)28(13-15(2)3)19(20)14-29(24(32)33)25(4,5)6/h9-10,12,15H,7-8,11,13-14H2,1-6H3,(H,32,33)(H,26,27,31). The van der Waals surface area contributed by atoms with Crippen LogP contribution in [0.3, 0.4) is 0 Å². The van der Waals surface area contributed by atoms with Gasteiger partial charge in [0, 0.05) is 23.0 Å². The summed E-state index contributed by atoms with van der Waals surface area (Å²) in [5, 5.41) is 14.7. The second-order valence-electron chi connectivity index (χ2n) is 10.0. The molecule has 2 aromatic heterocycles. The highest BCUT2D eigenvalue weighted by atomic mass is 16.5. The van der Waals surface area contributed by atoms with E-state index in [4.69, 9.17) is 4.74 Å². The molecule has 0 unspecified atom stereocenters. The van der Waals surface area contributed by atoms with E-state index in [0.717, 1.165) is 12.8 Å². The third kappa shape index (κ3) is 5.75. The Morgan fingerprint density at radius 1 is 1.26 bits per heavy atom. The first-order valence-electron chi connectivity index (χ1n) is 11.8. The van der Waals surface area contributed by atoms with Crippen LogP contribution in [0.15, 0.2) is 32.3 Å². The number of nitrogens with one attached hydrogen (secondary N) is 1. The maximum atomic E-state index is 13.7. The molecule has 0 radical (unpaired) electrons. The quantitative estimate of drug-likeness (QED) is 0.427. The van der Waals surface area contributed by atoms with Gasteiger partial charge in [-0.3, -0.25) is 19.2 Å². The molecule has 0 bridgehead atoms. The van der Waals surface area contributed by atoms with Crippen LogP contribution in [-0.2, 0) is 13.1 Å². The normalized spacial score (nSPS) is 11.9. The van der Waals surface area contributed by atoms with E-state index in [1.54, 1.807) is 22.8 Å². The van der Waals surface area contributed by atoms with E-state index in [-0.39, 0.29) is 23.8 Å². The summed E-state index contributed by atoms with van der Waals surface area (Å²) in [6.07, 6.45) is 0.616. The Hall–Kier alpha value is -3.56. The zero-order valence-corrected chi connectivity index (χ0v) is 21.2. The third-order valence-electron chi connectivity index (χ3n) is 5.68. The monoisotopic (exact) mass is 486 g/mol. The van der Waals surface area contributed by atoms with Crippen molar-refractivity contribution < 1.29 is 19.2 Å². The number of unbranched alkanes of at least 4 members (excludes halogenated alkanes) is 1. The maximum absolute atomic E-state index is 13.7. The number of amides is 1. The molecule has 0 aliphatic carbocycles. The first-order chi connectivity index (χ1) is 16.4. The van der Waals surface area contributed by atoms with Crippen molar-refractivity contribution in [2.45, 2.75) is 73.0 Å². The Balaban J connectivity index is 2.35. The summed E-state index contributed by atoms with van der Waals surface area (Å²) >= 11 is 0. The van der Waals surface area contributed by atoms with Gasteiger partial charge in [-0.1, -0.05) is 38.4 Å². The average molecular weight is 487 g/mol. The summed E-state index contributed by atoms with van der Waals surface area (Å²) in [6, 6.07) is 5.08. The van der Waals surface area contributed by atoms with Gasteiger partial charge in [-0.2, -0.15) is 0 Å². The van der Waals surface area contributed by atoms with E-state index in [1.807, 2.05) is 41.5 Å². The van der Waals surface area contributed by atoms with Crippen molar-refractivity contribution in [1.82, 2.24) is 19.6 Å². The molecule has 0 aliphatic rings. The van der Waals surface area contributed by atoms with Crippen LogP contribution in [0.25, 0.3) is 22.2 Å². The number of aromatic nitrogens is 3. The summed E-state index contributed by atoms with van der Waals surface area (Å²) in [7, 11) is 0. The molecule has 190 valence electrons. The Labute approximate surface area is 203 Å². The molecule has 0 spiro atoms. The largest absolute Gasteiger partial charge is 0.491 e. The second-order valence-corrected chi connectivity index (χ2v) is 10.0. The minimum atomic E-state index is -1.09. The van der Waals surface area contributed by atoms with Crippen molar-refractivity contribution in [3.8, 4) is 17.1 Å². The summed E-state index contributed by atoms with van der Waals surface area (Å²) in [6.45, 7) is 12.3. The van der Waals surface area contributed by atoms with Gasteiger partial charge in [-0.25, -0.2) is 9.59 Å². The van der Waals surface area contributed by atoms with E-state index in [9.17, 15) is 19.5 Å². The molecule has 0 saturated heterocycles. The number of benzene rings is 1. The van der Waals surface area contributed by atoms with Gasteiger partial charge < -0.3 is 14.4 Å². The minimum absolute atomic E-state index is 0.0246. The number of aromatic amines is 1. The fourth-order valence-corrected chi connectivity index (χ4v) is 3.90. The lowest BCUT2D eigenvalue weighted by Gasteiger charge is -2.34. The van der Waals surface area contributed by atoms with Gasteiger partial charge in [-0.15, -0.1) is 0 Å². The maximum Gasteiger partial charge on any atom is 0.439 e. The molecule has 35 heavy (non-hydrogen) atoms. The fourth-order valence-electron chi connectivity index (χ4n) is 3.90. The SMILES string of the molecule is CCCCOc1c(CN(C(=O)O)C(C)(C)C)n(CC(C)C)c(=O)c2ccc(-c3noc(=O)[nH]3)cc12. The van der Waals surface area contributed by atoms with E-state index in [1.165, 1.54) is 4.90 Å². The summed E-state index contributed by atoms with van der Waals surface area (Å²) in [5.74, 6) is 0.137. The van der Waals surface area contributed by atoms with Gasteiger partial charge in [0.1, 0.15) is 5.75 Å². The number of ether oxygens (including phenoxy) is 1. The van der Waals surface area contributed by atoms with Gasteiger partial charge >= 0.3 is 11.8 Å². The van der Waals surface area contributed by atoms with Gasteiger partial charge in [0.2, 0.25) is 0 Å². The Morgan fingerprint density at radius 3 is 2.51 bits per heavy atom. The number of carbonyl (C=O) groups is 1. The third-order valence-corrected chi connectivity index (χ3v) is 5.68. The number of H-pyrrole nitrogens is 1. The number of rotatable bonds is 9. The number of hydrogen-bond acceptors (Lipinski definition) is 6. The van der Waals surface area contributed by atoms with Crippen LogP contribution < -0.4 is 16.1 Å². The van der Waals surface area contributed by atoms with Gasteiger partial charge in [0.05, 0.1) is 24.2 Å². The molecule has 0 atom stereocenters. The Morgan fingerprint density at radius 2 is 1.97 bits per heavy atom. The van der Waals surface area contributed by atoms with Crippen molar-refractivity contribution >= 4 is 16.9 Å². The van der Waals surface area contributed by atoms with Gasteiger partial charge in [0.25, 0.3) is 5.56 Å². The Bertz CT molecular complexity index is 1310. The van der Waals surface area contributed by atoms with Crippen molar-refractivity contribution in [2.24, 2.45) is 5.92 Å². The highest BCUT2D eigenvalue weighted by Crippen LogP contribution is 2.33. The molecule has 3 aromatic rings. The fraction of sp³-hybridized carbons (Fsp3) is 0.520. The lowest BCUT2D eigenvalue weighted by atomic mass is 10.0. The van der Waals surface area contributed by atoms with Crippen molar-refractivity contribution in [3.63, 3.8) is 0 Å². The van der Waals surface area contributed by atoms with Crippen LogP contribution >= 0.6 is 0 Å². The summed E-state index contributed by atoms with van der Waals surface area (Å²) < 4.78 is 12.5. The van der Waals surface area contributed by atoms with Gasteiger partial charge in [-0.05, 0) is 45.2 Å². The zero-order valence-electron chi connectivity index (χ0n) is 21.2. The first kappa shape index (κ1) is 26.1. The number of fused-ring (bicyclic) bond motifs is 1. The first-order valence-corrected chi connectivity index (χ1v) is 11.8. The predicted octanol–water partition coefficient (Wildman–Crippen LogP) is 4.46. The number of pyridine rings is 1.